The maximum absolute atomic E-state index is 12.8. The Balaban J connectivity index is 1.22. The number of hydrogen-bond acceptors (Lipinski definition) is 6. The highest BCUT2D eigenvalue weighted by Gasteiger charge is 2.41. The first-order valence-electron chi connectivity index (χ1n) is 11.8. The Bertz CT molecular complexity index is 1060. The van der Waals surface area contributed by atoms with Gasteiger partial charge in [-0.15, -0.1) is 0 Å². The van der Waals surface area contributed by atoms with Crippen molar-refractivity contribution in [3.63, 3.8) is 0 Å². The predicted molar refractivity (Wildman–Crippen MR) is 132 cm³/mol. The van der Waals surface area contributed by atoms with Gasteiger partial charge in [0.1, 0.15) is 5.75 Å². The second kappa shape index (κ2) is 11.4. The molecule has 0 aromatic heterocycles. The summed E-state index contributed by atoms with van der Waals surface area (Å²) in [5.41, 5.74) is 3.09. The van der Waals surface area contributed by atoms with Crippen LogP contribution in [0.3, 0.4) is 0 Å². The number of nitrogens with two attached hydrogens (primary N) is 1. The van der Waals surface area contributed by atoms with Gasteiger partial charge in [-0.25, -0.2) is 4.79 Å². The van der Waals surface area contributed by atoms with E-state index in [1.807, 2.05) is 0 Å². The number of piperazine rings is 1. The molecule has 36 heavy (non-hydrogen) atoms. The van der Waals surface area contributed by atoms with E-state index in [0.29, 0.717) is 43.1 Å². The second-order valence-corrected chi connectivity index (χ2v) is 10.2. The number of fused-ring (bicyclic) bond motifs is 2. The lowest BCUT2D eigenvalue weighted by atomic mass is 10.1. The van der Waals surface area contributed by atoms with Crippen molar-refractivity contribution in [3.8, 4) is 11.8 Å². The maximum Gasteiger partial charge on any atom is 0.446 e. The van der Waals surface area contributed by atoms with E-state index in [0.717, 1.165) is 19.4 Å². The smallest absolute Gasteiger partial charge is 0.446 e. The number of likely N-dealkylation sites (tertiary alicyclic amines) is 1. The standard InChI is InChI=1S/C25H28F3N5O2S/c26-25(27,28)36-23-9-3-19(4-10-23)31-24(34)32-15-20-5-6-21(16-32)33(20)14-18(30)11-12-35-22-7-1-17(13-29)2-8-22/h1-4,7-10,18,20-21H,5-6,11-12,14-16,30H2,(H,31,34). The molecule has 192 valence electrons. The van der Waals surface area contributed by atoms with Gasteiger partial charge in [0.2, 0.25) is 0 Å². The summed E-state index contributed by atoms with van der Waals surface area (Å²) in [5.74, 6) is 0.703. The minimum absolute atomic E-state index is 0.0695. The van der Waals surface area contributed by atoms with Crippen LogP contribution < -0.4 is 15.8 Å². The van der Waals surface area contributed by atoms with E-state index in [4.69, 9.17) is 15.7 Å². The largest absolute Gasteiger partial charge is 0.494 e. The SMILES string of the molecule is N#Cc1ccc(OCCC(N)CN2C3CCC2CN(C(=O)Nc2ccc(SC(F)(F)F)cc2)C3)cc1. The van der Waals surface area contributed by atoms with Gasteiger partial charge in [0.15, 0.2) is 0 Å². The zero-order valence-corrected chi connectivity index (χ0v) is 20.4. The zero-order valence-electron chi connectivity index (χ0n) is 19.6. The first kappa shape index (κ1) is 26.1. The fourth-order valence-electron chi connectivity index (χ4n) is 4.71. The number of carbonyl (C=O) groups is 1. The average molecular weight is 520 g/mol. The lowest BCUT2D eigenvalue weighted by molar-refractivity contribution is -0.0328. The highest BCUT2D eigenvalue weighted by molar-refractivity contribution is 8.00. The van der Waals surface area contributed by atoms with E-state index in [1.165, 1.54) is 24.3 Å². The third-order valence-electron chi connectivity index (χ3n) is 6.45. The summed E-state index contributed by atoms with van der Waals surface area (Å²) in [6.07, 6.45) is 2.67. The number of urea groups is 1. The molecular formula is C25H28F3N5O2S. The molecule has 2 aromatic carbocycles. The number of carbonyl (C=O) groups excluding carboxylic acids is 1. The van der Waals surface area contributed by atoms with Crippen LogP contribution in [-0.4, -0.2) is 65.7 Å². The van der Waals surface area contributed by atoms with Crippen LogP contribution in [0, 0.1) is 11.3 Å². The molecule has 11 heteroatoms. The van der Waals surface area contributed by atoms with Crippen LogP contribution in [0.2, 0.25) is 0 Å². The Morgan fingerprint density at radius 3 is 2.36 bits per heavy atom. The lowest BCUT2D eigenvalue weighted by Crippen LogP contribution is -2.58. The number of nitrogens with zero attached hydrogens (tertiary/aromatic N) is 3. The van der Waals surface area contributed by atoms with E-state index < -0.39 is 5.51 Å². The third kappa shape index (κ3) is 7.06. The Hall–Kier alpha value is -2.94. The van der Waals surface area contributed by atoms with Crippen molar-refractivity contribution in [1.82, 2.24) is 9.80 Å². The van der Waals surface area contributed by atoms with Crippen molar-refractivity contribution in [2.24, 2.45) is 5.73 Å². The van der Waals surface area contributed by atoms with E-state index in [1.54, 1.807) is 29.2 Å². The Labute approximate surface area is 212 Å². The number of amides is 2. The molecule has 0 radical (unpaired) electrons. The second-order valence-electron chi connectivity index (χ2n) is 9.02. The number of nitriles is 1. The van der Waals surface area contributed by atoms with Crippen LogP contribution in [0.1, 0.15) is 24.8 Å². The van der Waals surface area contributed by atoms with Crippen LogP contribution in [0.5, 0.6) is 5.75 Å². The molecule has 2 fully saturated rings. The Kier molecular flexibility index (Phi) is 8.28. The Morgan fingerprint density at radius 1 is 1.14 bits per heavy atom. The average Bonchev–Trinajstić information content (AvgIpc) is 3.06. The number of anilines is 1. The first-order valence-corrected chi connectivity index (χ1v) is 12.6. The highest BCUT2D eigenvalue weighted by Crippen LogP contribution is 2.37. The quantitative estimate of drug-likeness (QED) is 0.493. The summed E-state index contributed by atoms with van der Waals surface area (Å²) in [6, 6.07) is 14.8. The molecule has 3 atom stereocenters. The van der Waals surface area contributed by atoms with Gasteiger partial charge in [0.25, 0.3) is 0 Å². The van der Waals surface area contributed by atoms with Crippen molar-refractivity contribution in [2.45, 2.75) is 47.8 Å². The molecule has 0 saturated carbocycles. The lowest BCUT2D eigenvalue weighted by Gasteiger charge is -2.42. The molecule has 2 amide bonds. The summed E-state index contributed by atoms with van der Waals surface area (Å²) in [6.45, 7) is 2.36. The molecule has 2 heterocycles. The van der Waals surface area contributed by atoms with Gasteiger partial charge in [0, 0.05) is 48.3 Å². The van der Waals surface area contributed by atoms with Gasteiger partial charge in [-0.05, 0) is 79.6 Å². The molecule has 2 bridgehead atoms. The minimum atomic E-state index is -4.34. The van der Waals surface area contributed by atoms with Crippen molar-refractivity contribution >= 4 is 23.5 Å². The summed E-state index contributed by atoms with van der Waals surface area (Å²) < 4.78 is 43.2. The van der Waals surface area contributed by atoms with Gasteiger partial charge in [0.05, 0.1) is 18.2 Å². The molecule has 3 unspecified atom stereocenters. The third-order valence-corrected chi connectivity index (χ3v) is 7.19. The van der Waals surface area contributed by atoms with E-state index in [-0.39, 0.29) is 40.8 Å². The topological polar surface area (TPSA) is 94.6 Å². The predicted octanol–water partition coefficient (Wildman–Crippen LogP) is 4.65. The van der Waals surface area contributed by atoms with Crippen molar-refractivity contribution in [2.75, 3.05) is 31.6 Å². The molecular weight excluding hydrogens is 491 g/mol. The van der Waals surface area contributed by atoms with Gasteiger partial charge >= 0.3 is 11.5 Å². The van der Waals surface area contributed by atoms with Crippen LogP contribution in [0.4, 0.5) is 23.7 Å². The summed E-state index contributed by atoms with van der Waals surface area (Å²) in [4.78, 5) is 17.0. The van der Waals surface area contributed by atoms with Gasteiger partial charge in [-0.2, -0.15) is 18.4 Å². The fraction of sp³-hybridized carbons (Fsp3) is 0.440. The molecule has 0 spiro atoms. The van der Waals surface area contributed by atoms with E-state index in [9.17, 15) is 18.0 Å². The van der Waals surface area contributed by atoms with Crippen LogP contribution in [0.25, 0.3) is 0 Å². The molecule has 2 aromatic rings. The summed E-state index contributed by atoms with van der Waals surface area (Å²) >= 11 is -0.182. The van der Waals surface area contributed by atoms with Crippen molar-refractivity contribution in [1.29, 1.82) is 5.26 Å². The zero-order chi connectivity index (χ0) is 25.7. The monoisotopic (exact) mass is 519 g/mol. The summed E-state index contributed by atoms with van der Waals surface area (Å²) in [7, 11) is 0. The van der Waals surface area contributed by atoms with E-state index in [2.05, 4.69) is 16.3 Å². The number of rotatable bonds is 8. The molecule has 4 rings (SSSR count). The first-order chi connectivity index (χ1) is 17.2. The molecule has 7 nitrogen and oxygen atoms in total. The molecule has 2 aliphatic rings. The van der Waals surface area contributed by atoms with Gasteiger partial charge < -0.3 is 20.7 Å². The van der Waals surface area contributed by atoms with Crippen LogP contribution in [0.15, 0.2) is 53.4 Å². The fourth-order valence-corrected chi connectivity index (χ4v) is 5.25. The van der Waals surface area contributed by atoms with Crippen LogP contribution >= 0.6 is 11.8 Å². The summed E-state index contributed by atoms with van der Waals surface area (Å²) in [5, 5.41) is 11.7. The number of hydrogen-bond donors (Lipinski definition) is 2. The van der Waals surface area contributed by atoms with Gasteiger partial charge in [-0.3, -0.25) is 4.90 Å². The number of benzene rings is 2. The van der Waals surface area contributed by atoms with E-state index >= 15 is 0 Å². The van der Waals surface area contributed by atoms with Crippen molar-refractivity contribution in [3.05, 3.63) is 54.1 Å². The number of nitrogens with one attached hydrogen (secondary N) is 1. The Morgan fingerprint density at radius 2 is 1.78 bits per heavy atom. The number of alkyl halides is 3. The maximum atomic E-state index is 12.8. The molecule has 2 aliphatic heterocycles. The van der Waals surface area contributed by atoms with Crippen LogP contribution in [-0.2, 0) is 0 Å². The number of halogens is 3. The normalized spacial score (nSPS) is 20.6. The highest BCUT2D eigenvalue weighted by atomic mass is 32.2. The minimum Gasteiger partial charge on any atom is -0.494 e. The molecule has 0 aliphatic carbocycles. The number of ether oxygens (including phenoxy) is 1. The molecule has 3 N–H and O–H groups in total. The molecule has 2 saturated heterocycles. The van der Waals surface area contributed by atoms with Crippen molar-refractivity contribution < 1.29 is 22.7 Å². The van der Waals surface area contributed by atoms with Gasteiger partial charge in [-0.1, -0.05) is 0 Å². The number of thioether (sulfide) groups is 1.